The number of halogens is 1. The predicted octanol–water partition coefficient (Wildman–Crippen LogP) is 2.56. The van der Waals surface area contributed by atoms with Gasteiger partial charge in [0, 0.05) is 52.2 Å². The number of aromatic nitrogens is 1. The number of aryl methyl sites for hydroxylation is 1. The van der Waals surface area contributed by atoms with E-state index < -0.39 is 0 Å². The Labute approximate surface area is 145 Å². The summed E-state index contributed by atoms with van der Waals surface area (Å²) in [6, 6.07) is 2.77. The lowest BCUT2D eigenvalue weighted by atomic mass is 10.2. The second kappa shape index (κ2) is 8.60. The van der Waals surface area contributed by atoms with E-state index in [1.165, 1.54) is 31.4 Å². The molecule has 1 aliphatic carbocycles. The molecule has 1 saturated carbocycles. The number of hydrogen-bond acceptors (Lipinski definition) is 2. The Kier molecular flexibility index (Phi) is 6.78. The molecular weight excluding hydrogens is 310 g/mol. The lowest BCUT2D eigenvalue weighted by Crippen LogP contribution is -2.43. The summed E-state index contributed by atoms with van der Waals surface area (Å²) in [5, 5.41) is 4.24. The van der Waals surface area contributed by atoms with E-state index in [1.807, 2.05) is 26.4 Å². The van der Waals surface area contributed by atoms with Crippen molar-refractivity contribution in [3.05, 3.63) is 23.0 Å². The van der Waals surface area contributed by atoms with Gasteiger partial charge in [0.05, 0.1) is 11.6 Å². The molecule has 0 aliphatic heterocycles. The van der Waals surface area contributed by atoms with E-state index in [4.69, 9.17) is 11.6 Å². The van der Waals surface area contributed by atoms with Crippen LogP contribution in [0.2, 0.25) is 5.02 Å². The summed E-state index contributed by atoms with van der Waals surface area (Å²) >= 11 is 6.05. The van der Waals surface area contributed by atoms with Crippen molar-refractivity contribution >= 4 is 17.6 Å². The smallest absolute Gasteiger partial charge is 0.193 e. The molecule has 5 nitrogen and oxygen atoms in total. The topological polar surface area (TPSA) is 35.8 Å². The van der Waals surface area contributed by atoms with Crippen molar-refractivity contribution in [3.8, 4) is 0 Å². The molecule has 130 valence electrons. The highest BCUT2D eigenvalue weighted by molar-refractivity contribution is 6.30. The summed E-state index contributed by atoms with van der Waals surface area (Å²) in [4.78, 5) is 8.99. The highest BCUT2D eigenvalue weighted by Gasteiger charge is 2.19. The first-order chi connectivity index (χ1) is 11.0. The number of nitrogens with zero attached hydrogens (tertiary/aromatic N) is 4. The van der Waals surface area contributed by atoms with Crippen LogP contribution in [0.4, 0.5) is 0 Å². The van der Waals surface area contributed by atoms with Crippen molar-refractivity contribution in [2.24, 2.45) is 12.0 Å². The molecule has 1 N–H and O–H groups in total. The summed E-state index contributed by atoms with van der Waals surface area (Å²) in [5.41, 5.74) is 1.17. The highest BCUT2D eigenvalue weighted by Crippen LogP contribution is 2.21. The molecule has 1 aromatic rings. The third kappa shape index (κ3) is 5.15. The molecular formula is C17H30ClN5. The second-order valence-electron chi connectivity index (χ2n) is 6.51. The fourth-order valence-corrected chi connectivity index (χ4v) is 3.57. The first-order valence-electron chi connectivity index (χ1n) is 8.44. The van der Waals surface area contributed by atoms with Gasteiger partial charge in [-0.25, -0.2) is 0 Å². The summed E-state index contributed by atoms with van der Waals surface area (Å²) in [6.07, 6.45) is 7.38. The van der Waals surface area contributed by atoms with Gasteiger partial charge < -0.3 is 19.7 Å². The third-order valence-corrected chi connectivity index (χ3v) is 4.95. The Balaban J connectivity index is 1.78. The fraction of sp³-hybridized carbons (Fsp3) is 0.706. The molecule has 0 bridgehead atoms. The van der Waals surface area contributed by atoms with Crippen LogP contribution in [0.5, 0.6) is 0 Å². The average Bonchev–Trinajstić information content (AvgIpc) is 3.14. The van der Waals surface area contributed by atoms with E-state index in [0.717, 1.165) is 36.7 Å². The van der Waals surface area contributed by atoms with Gasteiger partial charge in [-0.15, -0.1) is 0 Å². The first kappa shape index (κ1) is 18.1. The minimum atomic E-state index is 0.766. The monoisotopic (exact) mass is 339 g/mol. The minimum Gasteiger partial charge on any atom is -0.355 e. The Morgan fingerprint density at radius 2 is 2.09 bits per heavy atom. The van der Waals surface area contributed by atoms with Crippen molar-refractivity contribution < 1.29 is 0 Å². The molecule has 6 heteroatoms. The number of nitrogens with one attached hydrogen (secondary N) is 1. The Morgan fingerprint density at radius 1 is 1.39 bits per heavy atom. The van der Waals surface area contributed by atoms with Gasteiger partial charge in [0.25, 0.3) is 0 Å². The van der Waals surface area contributed by atoms with E-state index in [0.29, 0.717) is 0 Å². The minimum absolute atomic E-state index is 0.766. The van der Waals surface area contributed by atoms with Crippen molar-refractivity contribution in [3.63, 3.8) is 0 Å². The van der Waals surface area contributed by atoms with Gasteiger partial charge in [0.2, 0.25) is 0 Å². The molecule has 23 heavy (non-hydrogen) atoms. The van der Waals surface area contributed by atoms with Crippen LogP contribution in [0.3, 0.4) is 0 Å². The number of likely N-dealkylation sites (N-methyl/N-ethyl adjacent to an activating group) is 1. The van der Waals surface area contributed by atoms with E-state index in [9.17, 15) is 0 Å². The molecule has 0 aromatic carbocycles. The van der Waals surface area contributed by atoms with Crippen LogP contribution in [0, 0.1) is 0 Å². The van der Waals surface area contributed by atoms with E-state index in [2.05, 4.69) is 38.8 Å². The first-order valence-corrected chi connectivity index (χ1v) is 8.82. The molecule has 0 radical (unpaired) electrons. The molecule has 0 saturated heterocycles. The average molecular weight is 340 g/mol. The largest absolute Gasteiger partial charge is 0.355 e. The van der Waals surface area contributed by atoms with Gasteiger partial charge in [-0.2, -0.15) is 0 Å². The Morgan fingerprint density at radius 3 is 2.65 bits per heavy atom. The molecule has 1 aromatic heterocycles. The second-order valence-corrected chi connectivity index (χ2v) is 6.95. The van der Waals surface area contributed by atoms with Crippen LogP contribution in [-0.2, 0) is 13.6 Å². The lowest BCUT2D eigenvalue weighted by Gasteiger charge is -2.26. The van der Waals surface area contributed by atoms with Gasteiger partial charge in [-0.05, 0) is 26.0 Å². The standard InChI is InChI=1S/C17H30ClN5/c1-19-17(20-9-10-21(2)15-7-5-6-8-15)23(4)13-16-11-14(18)12-22(16)3/h11-12,15H,5-10,13H2,1-4H3,(H,19,20). The van der Waals surface area contributed by atoms with Crippen molar-refractivity contribution in [1.29, 1.82) is 0 Å². The molecule has 1 fully saturated rings. The zero-order chi connectivity index (χ0) is 16.8. The zero-order valence-electron chi connectivity index (χ0n) is 14.8. The molecule has 0 atom stereocenters. The number of guanidine groups is 1. The number of hydrogen-bond donors (Lipinski definition) is 1. The van der Waals surface area contributed by atoms with Crippen LogP contribution < -0.4 is 5.32 Å². The number of rotatable bonds is 6. The van der Waals surface area contributed by atoms with Crippen LogP contribution in [0.25, 0.3) is 0 Å². The lowest BCUT2D eigenvalue weighted by molar-refractivity contribution is 0.248. The summed E-state index contributed by atoms with van der Waals surface area (Å²) in [7, 11) is 8.13. The summed E-state index contributed by atoms with van der Waals surface area (Å²) in [5.74, 6) is 0.919. The SMILES string of the molecule is CN=C(NCCN(C)C1CCCC1)N(C)Cc1cc(Cl)cn1C. The molecule has 1 heterocycles. The zero-order valence-corrected chi connectivity index (χ0v) is 15.6. The molecule has 1 aliphatic rings. The van der Waals surface area contributed by atoms with Crippen LogP contribution in [0.1, 0.15) is 31.4 Å². The molecule has 0 unspecified atom stereocenters. The summed E-state index contributed by atoms with van der Waals surface area (Å²) in [6.45, 7) is 2.74. The van der Waals surface area contributed by atoms with Gasteiger partial charge >= 0.3 is 0 Å². The maximum Gasteiger partial charge on any atom is 0.193 e. The summed E-state index contributed by atoms with van der Waals surface area (Å²) < 4.78 is 2.06. The highest BCUT2D eigenvalue weighted by atomic mass is 35.5. The molecule has 0 spiro atoms. The van der Waals surface area contributed by atoms with Gasteiger partial charge in [0.15, 0.2) is 5.96 Å². The van der Waals surface area contributed by atoms with Crippen molar-refractivity contribution in [2.75, 3.05) is 34.2 Å². The normalized spacial score (nSPS) is 16.3. The quantitative estimate of drug-likeness (QED) is 0.639. The van der Waals surface area contributed by atoms with Crippen LogP contribution in [0.15, 0.2) is 17.3 Å². The maximum absolute atomic E-state index is 6.05. The van der Waals surface area contributed by atoms with Gasteiger partial charge in [0.1, 0.15) is 0 Å². The Bertz CT molecular complexity index is 519. The fourth-order valence-electron chi connectivity index (χ4n) is 3.30. The van der Waals surface area contributed by atoms with E-state index in [-0.39, 0.29) is 0 Å². The predicted molar refractivity (Wildman–Crippen MR) is 98.1 cm³/mol. The third-order valence-electron chi connectivity index (χ3n) is 4.74. The van der Waals surface area contributed by atoms with E-state index >= 15 is 0 Å². The van der Waals surface area contributed by atoms with Gasteiger partial charge in [-0.3, -0.25) is 4.99 Å². The van der Waals surface area contributed by atoms with Crippen LogP contribution >= 0.6 is 11.6 Å². The van der Waals surface area contributed by atoms with Crippen molar-refractivity contribution in [2.45, 2.75) is 38.3 Å². The number of aliphatic imine (C=N–C) groups is 1. The van der Waals surface area contributed by atoms with Crippen LogP contribution in [-0.4, -0.2) is 60.6 Å². The van der Waals surface area contributed by atoms with Crippen molar-refractivity contribution in [1.82, 2.24) is 19.7 Å². The van der Waals surface area contributed by atoms with E-state index in [1.54, 1.807) is 0 Å². The maximum atomic E-state index is 6.05. The Hall–Kier alpha value is -1.20. The molecule has 0 amide bonds. The van der Waals surface area contributed by atoms with Gasteiger partial charge in [-0.1, -0.05) is 24.4 Å². The molecule has 2 rings (SSSR count).